The van der Waals surface area contributed by atoms with Gasteiger partial charge in [0, 0.05) is 6.42 Å². The molecule has 0 aromatic rings. The molecule has 0 radical (unpaired) electrons. The summed E-state index contributed by atoms with van der Waals surface area (Å²) in [7, 11) is 0. The molecule has 0 spiro atoms. The molecule has 0 aliphatic rings. The van der Waals surface area contributed by atoms with Crippen LogP contribution in [-0.4, -0.2) is 25.2 Å². The Hall–Kier alpha value is -1.06. The lowest BCUT2D eigenvalue weighted by atomic mass is 9.90. The van der Waals surface area contributed by atoms with Crippen molar-refractivity contribution in [1.29, 1.82) is 0 Å². The average molecular weight is 427 g/mol. The number of rotatable bonds is 19. The molecule has 0 saturated carbocycles. The van der Waals surface area contributed by atoms with Crippen LogP contribution in [0.15, 0.2) is 0 Å². The van der Waals surface area contributed by atoms with Crippen LogP contribution in [0.2, 0.25) is 0 Å². The molecule has 0 aromatic heterocycles. The Balaban J connectivity index is 3.51. The quantitative estimate of drug-likeness (QED) is 0.160. The zero-order valence-corrected chi connectivity index (χ0v) is 20.8. The summed E-state index contributed by atoms with van der Waals surface area (Å²) in [6.45, 7) is 13.9. The lowest BCUT2D eigenvalue weighted by Gasteiger charge is -2.19. The van der Waals surface area contributed by atoms with Crippen LogP contribution in [0.25, 0.3) is 0 Å². The summed E-state index contributed by atoms with van der Waals surface area (Å²) >= 11 is 0. The van der Waals surface area contributed by atoms with Crippen LogP contribution < -0.4 is 0 Å². The Morgan fingerprint density at radius 3 is 1.60 bits per heavy atom. The molecule has 4 nitrogen and oxygen atoms in total. The molecule has 0 fully saturated rings. The molecule has 2 unspecified atom stereocenters. The van der Waals surface area contributed by atoms with E-state index in [4.69, 9.17) is 9.47 Å². The van der Waals surface area contributed by atoms with Crippen molar-refractivity contribution < 1.29 is 19.1 Å². The molecule has 0 bridgehead atoms. The highest BCUT2D eigenvalue weighted by Crippen LogP contribution is 2.21. The van der Waals surface area contributed by atoms with Crippen LogP contribution in [-0.2, 0) is 19.1 Å². The number of carbonyl (C=O) groups is 2. The Labute approximate surface area is 186 Å². The highest BCUT2D eigenvalue weighted by Gasteiger charge is 2.21. The monoisotopic (exact) mass is 426 g/mol. The highest BCUT2D eigenvalue weighted by molar-refractivity contribution is 5.72. The van der Waals surface area contributed by atoms with E-state index < -0.39 is 0 Å². The van der Waals surface area contributed by atoms with Crippen LogP contribution in [0.5, 0.6) is 0 Å². The summed E-state index contributed by atoms with van der Waals surface area (Å²) in [5, 5.41) is 0. The molecule has 30 heavy (non-hydrogen) atoms. The predicted octanol–water partition coefficient (Wildman–Crippen LogP) is 7.34. The summed E-state index contributed by atoms with van der Waals surface area (Å²) in [6, 6.07) is 0. The standard InChI is InChI=1S/C26H50O4/c1-21(2)17-19-29-25(27)16-14-12-10-8-7-9-11-13-15-23(5)24(6)26(28)30-20-18-22(3)4/h21-24H,7-20H2,1-6H3. The molecule has 0 N–H and O–H groups in total. The normalized spacial score (nSPS) is 13.5. The van der Waals surface area contributed by atoms with Crippen molar-refractivity contribution in [3.63, 3.8) is 0 Å². The Morgan fingerprint density at radius 1 is 0.600 bits per heavy atom. The number of unbranched alkanes of at least 4 members (excludes halogenated alkanes) is 7. The fraction of sp³-hybridized carbons (Fsp3) is 0.923. The van der Waals surface area contributed by atoms with Crippen LogP contribution in [0.1, 0.15) is 119 Å². The third-order valence-corrected chi connectivity index (χ3v) is 5.91. The average Bonchev–Trinajstić information content (AvgIpc) is 2.67. The van der Waals surface area contributed by atoms with Crippen molar-refractivity contribution in [3.05, 3.63) is 0 Å². The SMILES string of the molecule is CC(C)CCOC(=O)CCCCCCCCCCC(C)C(C)C(=O)OCCC(C)C. The first kappa shape index (κ1) is 28.9. The molecule has 178 valence electrons. The number of ether oxygens (including phenoxy) is 2. The van der Waals surface area contributed by atoms with Crippen molar-refractivity contribution in [3.8, 4) is 0 Å². The third-order valence-electron chi connectivity index (χ3n) is 5.91. The molecule has 0 rings (SSSR count). The molecule has 0 heterocycles. The number of hydrogen-bond acceptors (Lipinski definition) is 4. The van der Waals surface area contributed by atoms with Gasteiger partial charge in [0.15, 0.2) is 0 Å². The second kappa shape index (κ2) is 18.7. The molecule has 0 amide bonds. The summed E-state index contributed by atoms with van der Waals surface area (Å²) in [5.74, 6) is 1.46. The van der Waals surface area contributed by atoms with E-state index in [0.717, 1.165) is 32.1 Å². The minimum atomic E-state index is -0.0391. The number of carbonyl (C=O) groups excluding carboxylic acids is 2. The van der Waals surface area contributed by atoms with Gasteiger partial charge in [0.1, 0.15) is 0 Å². The van der Waals surface area contributed by atoms with Gasteiger partial charge in [-0.15, -0.1) is 0 Å². The fourth-order valence-electron chi connectivity index (χ4n) is 3.29. The van der Waals surface area contributed by atoms with Gasteiger partial charge in [-0.3, -0.25) is 9.59 Å². The van der Waals surface area contributed by atoms with Gasteiger partial charge >= 0.3 is 11.9 Å². The first-order valence-corrected chi connectivity index (χ1v) is 12.6. The summed E-state index contributed by atoms with van der Waals surface area (Å²) in [4.78, 5) is 23.7. The van der Waals surface area contributed by atoms with Gasteiger partial charge in [-0.2, -0.15) is 0 Å². The first-order valence-electron chi connectivity index (χ1n) is 12.6. The topological polar surface area (TPSA) is 52.6 Å². The van der Waals surface area contributed by atoms with E-state index in [2.05, 4.69) is 34.6 Å². The van der Waals surface area contributed by atoms with E-state index in [0.29, 0.717) is 37.4 Å². The van der Waals surface area contributed by atoms with Crippen LogP contribution >= 0.6 is 0 Å². The van der Waals surface area contributed by atoms with E-state index in [1.165, 1.54) is 38.5 Å². The molecule has 4 heteroatoms. The molecular formula is C26H50O4. The van der Waals surface area contributed by atoms with Crippen molar-refractivity contribution >= 4 is 11.9 Å². The summed E-state index contributed by atoms with van der Waals surface area (Å²) in [6.07, 6.45) is 13.0. The zero-order chi connectivity index (χ0) is 22.8. The van der Waals surface area contributed by atoms with Crippen molar-refractivity contribution in [2.75, 3.05) is 13.2 Å². The van der Waals surface area contributed by atoms with E-state index in [9.17, 15) is 9.59 Å². The molecule has 0 aromatic carbocycles. The van der Waals surface area contributed by atoms with Gasteiger partial charge in [0.25, 0.3) is 0 Å². The first-order chi connectivity index (χ1) is 14.2. The molecule has 2 atom stereocenters. The Kier molecular flexibility index (Phi) is 18.0. The second-order valence-corrected chi connectivity index (χ2v) is 9.89. The molecule has 0 saturated heterocycles. The largest absolute Gasteiger partial charge is 0.466 e. The van der Waals surface area contributed by atoms with Gasteiger partial charge in [-0.25, -0.2) is 0 Å². The Morgan fingerprint density at radius 2 is 1.07 bits per heavy atom. The lowest BCUT2D eigenvalue weighted by molar-refractivity contribution is -0.150. The summed E-state index contributed by atoms with van der Waals surface area (Å²) in [5.41, 5.74) is 0. The van der Waals surface area contributed by atoms with E-state index in [1.807, 2.05) is 6.92 Å². The van der Waals surface area contributed by atoms with E-state index in [-0.39, 0.29) is 17.9 Å². The maximum atomic E-state index is 12.1. The highest BCUT2D eigenvalue weighted by atomic mass is 16.5. The van der Waals surface area contributed by atoms with E-state index in [1.54, 1.807) is 0 Å². The third kappa shape index (κ3) is 17.8. The van der Waals surface area contributed by atoms with Gasteiger partial charge < -0.3 is 9.47 Å². The van der Waals surface area contributed by atoms with Crippen LogP contribution in [0.3, 0.4) is 0 Å². The molecule has 0 aliphatic carbocycles. The number of esters is 2. The maximum absolute atomic E-state index is 12.1. The van der Waals surface area contributed by atoms with E-state index >= 15 is 0 Å². The lowest BCUT2D eigenvalue weighted by Crippen LogP contribution is -2.22. The smallest absolute Gasteiger partial charge is 0.308 e. The predicted molar refractivity (Wildman–Crippen MR) is 125 cm³/mol. The fourth-order valence-corrected chi connectivity index (χ4v) is 3.29. The van der Waals surface area contributed by atoms with Gasteiger partial charge in [-0.05, 0) is 43.4 Å². The van der Waals surface area contributed by atoms with Gasteiger partial charge in [-0.1, -0.05) is 86.5 Å². The summed E-state index contributed by atoms with van der Waals surface area (Å²) < 4.78 is 10.6. The minimum absolute atomic E-state index is 0.00535. The molecular weight excluding hydrogens is 376 g/mol. The van der Waals surface area contributed by atoms with Crippen molar-refractivity contribution in [2.45, 2.75) is 119 Å². The van der Waals surface area contributed by atoms with Crippen molar-refractivity contribution in [2.24, 2.45) is 23.7 Å². The van der Waals surface area contributed by atoms with Gasteiger partial charge in [0.2, 0.25) is 0 Å². The number of hydrogen-bond donors (Lipinski definition) is 0. The maximum Gasteiger partial charge on any atom is 0.308 e. The zero-order valence-electron chi connectivity index (χ0n) is 20.8. The van der Waals surface area contributed by atoms with Gasteiger partial charge in [0.05, 0.1) is 19.1 Å². The van der Waals surface area contributed by atoms with Crippen molar-refractivity contribution in [1.82, 2.24) is 0 Å². The minimum Gasteiger partial charge on any atom is -0.466 e. The van der Waals surface area contributed by atoms with Crippen LogP contribution in [0.4, 0.5) is 0 Å². The molecule has 0 aliphatic heterocycles. The Bertz CT molecular complexity index is 431. The van der Waals surface area contributed by atoms with Crippen LogP contribution in [0, 0.1) is 23.7 Å². The second-order valence-electron chi connectivity index (χ2n) is 9.89.